The van der Waals surface area contributed by atoms with E-state index in [1.807, 2.05) is 0 Å². The smallest absolute Gasteiger partial charge is 0.870 e. The molecule has 29 heavy (non-hydrogen) atoms. The van der Waals surface area contributed by atoms with Gasteiger partial charge in [-0.2, -0.15) is 8.42 Å². The average Bonchev–Trinajstić information content (AvgIpc) is 2.65. The van der Waals surface area contributed by atoms with Crippen LogP contribution in [0.5, 0.6) is 17.2 Å². The molecule has 5 nitrogen and oxygen atoms in total. The molecule has 7 heteroatoms. The van der Waals surface area contributed by atoms with Crippen LogP contribution in [0.15, 0.2) is 47.4 Å². The Hall–Kier alpha value is -0.414. The first-order chi connectivity index (χ1) is 13.4. The maximum absolute atomic E-state index is 11.8. The summed E-state index contributed by atoms with van der Waals surface area (Å²) in [5.74, 6) is 0.0605. The van der Waals surface area contributed by atoms with Crippen LogP contribution < -0.4 is 61.2 Å². The van der Waals surface area contributed by atoms with Crippen LogP contribution in [0.3, 0.4) is 0 Å². The first-order valence-electron chi connectivity index (χ1n) is 9.95. The van der Waals surface area contributed by atoms with Gasteiger partial charge in [0.2, 0.25) is 0 Å². The summed E-state index contributed by atoms with van der Waals surface area (Å²) in [5, 5.41) is 11.8. The van der Waals surface area contributed by atoms with E-state index in [0.29, 0.717) is 6.42 Å². The summed E-state index contributed by atoms with van der Waals surface area (Å²) in [6.07, 6.45) is 10.2. The number of aryl methyl sites for hydroxylation is 1. The first-order valence-corrected chi connectivity index (χ1v) is 11.4. The molecule has 2 aromatic carbocycles. The van der Waals surface area contributed by atoms with Crippen molar-refractivity contribution >= 4 is 10.1 Å². The topological polar surface area (TPSA) is 86.7 Å². The number of rotatable bonds is 12. The van der Waals surface area contributed by atoms with Crippen molar-refractivity contribution in [1.82, 2.24) is 0 Å². The standard InChI is InChI=1S/C22H30O5S.K/c1-2-3-4-5-6-7-8-9-12-18-15-19(17-20(16-18)28(24,25)26)27-22-14-11-10-13-21(22)23;/h10-11,13-17,23H,2-9,12H2,1H3,(H,24,25,26);/q;+1/p-1. The molecule has 0 unspecified atom stereocenters. The second-order valence-corrected chi connectivity index (χ2v) is 8.48. The zero-order chi connectivity index (χ0) is 20.4. The van der Waals surface area contributed by atoms with Crippen LogP contribution >= 0.6 is 0 Å². The zero-order valence-corrected chi connectivity index (χ0v) is 21.3. The van der Waals surface area contributed by atoms with Crippen LogP contribution in [0.1, 0.15) is 63.9 Å². The van der Waals surface area contributed by atoms with Crippen molar-refractivity contribution in [2.45, 2.75) is 69.6 Å². The Morgan fingerprint density at radius 1 is 0.931 bits per heavy atom. The Kier molecular flexibility index (Phi) is 12.7. The fraction of sp³-hybridized carbons (Fsp3) is 0.455. The molecule has 2 rings (SSSR count). The summed E-state index contributed by atoms with van der Waals surface area (Å²) in [6.45, 7) is 2.20. The van der Waals surface area contributed by atoms with E-state index in [1.54, 1.807) is 18.2 Å². The maximum Gasteiger partial charge on any atom is 1.00 e. The minimum absolute atomic E-state index is 0. The molecule has 0 saturated carbocycles. The van der Waals surface area contributed by atoms with E-state index in [1.165, 1.54) is 56.4 Å². The first kappa shape index (κ1) is 26.6. The van der Waals surface area contributed by atoms with Gasteiger partial charge >= 0.3 is 51.4 Å². The number of hydrogen-bond donors (Lipinski definition) is 1. The van der Waals surface area contributed by atoms with E-state index in [9.17, 15) is 18.1 Å². The fourth-order valence-electron chi connectivity index (χ4n) is 3.11. The Labute approximate surface area is 217 Å². The van der Waals surface area contributed by atoms with E-state index in [4.69, 9.17) is 4.74 Å². The summed E-state index contributed by atoms with van der Waals surface area (Å²) in [7, 11) is -4.36. The largest absolute Gasteiger partial charge is 1.00 e. The van der Waals surface area contributed by atoms with Crippen molar-refractivity contribution in [2.75, 3.05) is 0 Å². The van der Waals surface area contributed by atoms with Crippen molar-refractivity contribution in [3.8, 4) is 17.2 Å². The summed E-state index contributed by atoms with van der Waals surface area (Å²) in [6, 6.07) is 10.6. The normalized spacial score (nSPS) is 11.1. The zero-order valence-electron chi connectivity index (χ0n) is 17.4. The van der Waals surface area contributed by atoms with Crippen molar-refractivity contribution in [3.05, 3.63) is 48.0 Å². The molecule has 0 amide bonds. The monoisotopic (exact) mass is 444 g/mol. The molecule has 0 heterocycles. The summed E-state index contributed by atoms with van der Waals surface area (Å²) in [4.78, 5) is -0.219. The molecule has 0 aliphatic heterocycles. The van der Waals surface area contributed by atoms with Gasteiger partial charge in [0.05, 0.1) is 4.90 Å². The molecular weight excluding hydrogens is 415 g/mol. The number of benzene rings is 2. The minimum atomic E-state index is -4.36. The summed E-state index contributed by atoms with van der Waals surface area (Å²) >= 11 is 0. The predicted molar refractivity (Wildman–Crippen MR) is 109 cm³/mol. The molecule has 154 valence electrons. The second kappa shape index (κ2) is 13.8. The van der Waals surface area contributed by atoms with E-state index < -0.39 is 10.1 Å². The number of hydrogen-bond acceptors (Lipinski definition) is 4. The quantitative estimate of drug-likeness (QED) is 0.309. The van der Waals surface area contributed by atoms with Gasteiger partial charge < -0.3 is 9.84 Å². The molecule has 0 radical (unpaired) electrons. The maximum atomic E-state index is 11.8. The second-order valence-electron chi connectivity index (χ2n) is 7.06. The van der Waals surface area contributed by atoms with Crippen molar-refractivity contribution in [1.29, 1.82) is 0 Å². The third-order valence-electron chi connectivity index (χ3n) is 4.63. The van der Waals surface area contributed by atoms with Crippen molar-refractivity contribution in [2.24, 2.45) is 0 Å². The summed E-state index contributed by atoms with van der Waals surface area (Å²) < 4.78 is 38.2. The van der Waals surface area contributed by atoms with Gasteiger partial charge in [-0.25, -0.2) is 0 Å². The van der Waals surface area contributed by atoms with Gasteiger partial charge in [-0.05, 0) is 36.6 Å². The van der Waals surface area contributed by atoms with Crippen LogP contribution in [0.25, 0.3) is 0 Å². The van der Waals surface area contributed by atoms with Crippen LogP contribution in [-0.2, 0) is 16.5 Å². The molecule has 0 fully saturated rings. The Bertz CT molecular complexity index is 852. The summed E-state index contributed by atoms with van der Waals surface area (Å²) in [5.41, 5.74) is 0.763. The SMILES string of the molecule is CCCCCCCCCCc1cc(Oc2ccccc2[O-])cc(S(=O)(=O)O)c1.[K+]. The average molecular weight is 445 g/mol. The van der Waals surface area contributed by atoms with Gasteiger partial charge in [-0.15, -0.1) is 0 Å². The van der Waals surface area contributed by atoms with E-state index >= 15 is 0 Å². The molecule has 0 bridgehead atoms. The molecule has 0 aliphatic carbocycles. The van der Waals surface area contributed by atoms with Crippen LogP contribution in [-0.4, -0.2) is 13.0 Å². The van der Waals surface area contributed by atoms with Gasteiger partial charge in [-0.3, -0.25) is 4.55 Å². The van der Waals surface area contributed by atoms with E-state index in [0.717, 1.165) is 24.8 Å². The Morgan fingerprint density at radius 2 is 1.55 bits per heavy atom. The molecular formula is C22H29KO5S. The van der Waals surface area contributed by atoms with E-state index in [-0.39, 0.29) is 73.5 Å². The Balaban J connectivity index is 0.00000420. The van der Waals surface area contributed by atoms with Crippen LogP contribution in [0.4, 0.5) is 0 Å². The third kappa shape index (κ3) is 9.96. The predicted octanol–water partition coefficient (Wildman–Crippen LogP) is 2.49. The molecule has 2 aromatic rings. The third-order valence-corrected chi connectivity index (χ3v) is 5.47. The van der Waals surface area contributed by atoms with E-state index in [2.05, 4.69) is 6.92 Å². The number of unbranched alkanes of at least 4 members (excludes halogenated alkanes) is 7. The van der Waals surface area contributed by atoms with Crippen molar-refractivity contribution < 1.29 is 74.2 Å². The number of ether oxygens (including phenoxy) is 1. The molecule has 1 N–H and O–H groups in total. The van der Waals surface area contributed by atoms with Crippen LogP contribution in [0, 0.1) is 0 Å². The van der Waals surface area contributed by atoms with Gasteiger partial charge in [0.25, 0.3) is 10.1 Å². The van der Waals surface area contributed by atoms with Gasteiger partial charge in [0.1, 0.15) is 11.5 Å². The molecule has 0 aliphatic rings. The molecule has 0 spiro atoms. The Morgan fingerprint density at radius 3 is 2.17 bits per heavy atom. The number of para-hydroxylation sites is 2. The molecule has 0 aromatic heterocycles. The minimum Gasteiger partial charge on any atom is -0.870 e. The van der Waals surface area contributed by atoms with Gasteiger partial charge in [0, 0.05) is 6.07 Å². The van der Waals surface area contributed by atoms with Crippen molar-refractivity contribution in [3.63, 3.8) is 0 Å². The molecule has 0 atom stereocenters. The van der Waals surface area contributed by atoms with Gasteiger partial charge in [0.15, 0.2) is 0 Å². The van der Waals surface area contributed by atoms with Crippen LogP contribution in [0.2, 0.25) is 0 Å². The molecule has 0 saturated heterocycles. The fourth-order valence-corrected chi connectivity index (χ4v) is 3.67. The van der Waals surface area contributed by atoms with Gasteiger partial charge in [-0.1, -0.05) is 75.8 Å².